The zero-order valence-corrected chi connectivity index (χ0v) is 15.9. The van der Waals surface area contributed by atoms with Crippen LogP contribution in [0.5, 0.6) is 0 Å². The first-order valence-corrected chi connectivity index (χ1v) is 9.89. The lowest BCUT2D eigenvalue weighted by molar-refractivity contribution is -0.163. The van der Waals surface area contributed by atoms with Crippen LogP contribution in [0.4, 0.5) is 0 Å². The first-order chi connectivity index (χ1) is 11.6. The minimum Gasteiger partial charge on any atom is -0.465 e. The molecule has 2 atom stereocenters. The van der Waals surface area contributed by atoms with E-state index in [2.05, 4.69) is 20.8 Å². The number of rotatable bonds is 11. The highest BCUT2D eigenvalue weighted by atomic mass is 16.5. The van der Waals surface area contributed by atoms with E-state index in [1.807, 2.05) is 0 Å². The van der Waals surface area contributed by atoms with E-state index in [0.29, 0.717) is 19.1 Å². The summed E-state index contributed by atoms with van der Waals surface area (Å²) in [5.41, 5.74) is 0. The van der Waals surface area contributed by atoms with Gasteiger partial charge in [0.05, 0.1) is 25.0 Å². The van der Waals surface area contributed by atoms with E-state index < -0.39 is 0 Å². The smallest absolute Gasteiger partial charge is 0.309 e. The van der Waals surface area contributed by atoms with Gasteiger partial charge in [-0.25, -0.2) is 0 Å². The molecule has 0 spiro atoms. The quantitative estimate of drug-likeness (QED) is 0.397. The number of hydrogen-bond acceptors (Lipinski definition) is 4. The van der Waals surface area contributed by atoms with Crippen molar-refractivity contribution in [2.45, 2.75) is 85.0 Å². The second-order valence-corrected chi connectivity index (χ2v) is 7.43. The van der Waals surface area contributed by atoms with Crippen molar-refractivity contribution >= 4 is 11.9 Å². The van der Waals surface area contributed by atoms with Crippen molar-refractivity contribution in [1.82, 2.24) is 0 Å². The number of carbonyl (C=O) groups is 2. The molecule has 0 saturated heterocycles. The standard InChI is InChI=1S/C20H36O4/c1-4-5-9-14-23-19(21)17-12-6-7-13-18(17)20(22)24-15-10-8-11-16(2)3/h16-18H,4-15H2,1-3H3. The fraction of sp³-hybridized carbons (Fsp3) is 0.900. The van der Waals surface area contributed by atoms with Gasteiger partial charge in [0, 0.05) is 0 Å². The number of unbranched alkanes of at least 4 members (excludes halogenated alkanes) is 3. The Kier molecular flexibility index (Phi) is 10.8. The minimum atomic E-state index is -0.303. The second kappa shape index (κ2) is 12.3. The molecule has 0 heterocycles. The Morgan fingerprint density at radius 2 is 1.38 bits per heavy atom. The lowest BCUT2D eigenvalue weighted by Gasteiger charge is -2.28. The molecule has 0 aliphatic heterocycles. The molecule has 4 nitrogen and oxygen atoms in total. The van der Waals surface area contributed by atoms with Crippen LogP contribution in [-0.2, 0) is 19.1 Å². The van der Waals surface area contributed by atoms with Gasteiger partial charge in [-0.1, -0.05) is 52.9 Å². The SMILES string of the molecule is CCCCCOC(=O)C1CCCCC1C(=O)OCCCCC(C)C. The summed E-state index contributed by atoms with van der Waals surface area (Å²) in [6, 6.07) is 0. The zero-order chi connectivity index (χ0) is 17.8. The van der Waals surface area contributed by atoms with E-state index in [-0.39, 0.29) is 23.8 Å². The average Bonchev–Trinajstić information content (AvgIpc) is 2.57. The maximum Gasteiger partial charge on any atom is 0.309 e. The molecule has 2 unspecified atom stereocenters. The Morgan fingerprint density at radius 3 is 1.83 bits per heavy atom. The molecule has 140 valence electrons. The minimum absolute atomic E-state index is 0.199. The second-order valence-electron chi connectivity index (χ2n) is 7.43. The van der Waals surface area contributed by atoms with Crippen molar-refractivity contribution in [3.63, 3.8) is 0 Å². The molecule has 1 saturated carbocycles. The summed E-state index contributed by atoms with van der Waals surface area (Å²) in [5.74, 6) is -0.320. The Bertz CT molecular complexity index is 365. The lowest BCUT2D eigenvalue weighted by atomic mass is 9.79. The van der Waals surface area contributed by atoms with Crippen molar-refractivity contribution in [3.05, 3.63) is 0 Å². The third-order valence-electron chi connectivity index (χ3n) is 4.78. The Morgan fingerprint density at radius 1 is 0.875 bits per heavy atom. The topological polar surface area (TPSA) is 52.6 Å². The monoisotopic (exact) mass is 340 g/mol. The van der Waals surface area contributed by atoms with Gasteiger partial charge in [0.2, 0.25) is 0 Å². The molecule has 1 aliphatic rings. The van der Waals surface area contributed by atoms with Crippen molar-refractivity contribution < 1.29 is 19.1 Å². The summed E-state index contributed by atoms with van der Waals surface area (Å²) in [6.45, 7) is 7.46. The Labute approximate surface area is 147 Å². The molecule has 1 rings (SSSR count). The first kappa shape index (κ1) is 21.0. The number of carbonyl (C=O) groups excluding carboxylic acids is 2. The summed E-state index contributed by atoms with van der Waals surface area (Å²) < 4.78 is 10.8. The van der Waals surface area contributed by atoms with Crippen LogP contribution in [0, 0.1) is 17.8 Å². The van der Waals surface area contributed by atoms with Crippen LogP contribution >= 0.6 is 0 Å². The Hall–Kier alpha value is -1.06. The predicted octanol–water partition coefficient (Wildman–Crippen LogP) is 4.90. The largest absolute Gasteiger partial charge is 0.465 e. The van der Waals surface area contributed by atoms with Crippen LogP contribution in [0.3, 0.4) is 0 Å². The lowest BCUT2D eigenvalue weighted by Crippen LogP contribution is -2.35. The number of ether oxygens (including phenoxy) is 2. The van der Waals surface area contributed by atoms with Crippen molar-refractivity contribution in [2.24, 2.45) is 17.8 Å². The van der Waals surface area contributed by atoms with Crippen LogP contribution in [0.15, 0.2) is 0 Å². The van der Waals surface area contributed by atoms with Gasteiger partial charge in [-0.2, -0.15) is 0 Å². The molecule has 0 radical (unpaired) electrons. The molecule has 0 aromatic carbocycles. The molecular formula is C20H36O4. The van der Waals surface area contributed by atoms with Crippen LogP contribution in [0.1, 0.15) is 85.0 Å². The molecule has 0 aromatic heterocycles. The van der Waals surface area contributed by atoms with E-state index in [4.69, 9.17) is 9.47 Å². The maximum atomic E-state index is 12.4. The zero-order valence-electron chi connectivity index (χ0n) is 15.9. The summed E-state index contributed by atoms with van der Waals surface area (Å²) in [6.07, 6.45) is 9.71. The van der Waals surface area contributed by atoms with Crippen LogP contribution in [0.25, 0.3) is 0 Å². The highest BCUT2D eigenvalue weighted by molar-refractivity contribution is 5.82. The fourth-order valence-corrected chi connectivity index (χ4v) is 3.26. The van der Waals surface area contributed by atoms with E-state index in [0.717, 1.165) is 64.2 Å². The van der Waals surface area contributed by atoms with Gasteiger partial charge in [0.1, 0.15) is 0 Å². The molecule has 0 N–H and O–H groups in total. The summed E-state index contributed by atoms with van der Waals surface area (Å²) >= 11 is 0. The van der Waals surface area contributed by atoms with Crippen LogP contribution in [0.2, 0.25) is 0 Å². The van der Waals surface area contributed by atoms with Crippen molar-refractivity contribution in [1.29, 1.82) is 0 Å². The van der Waals surface area contributed by atoms with Gasteiger partial charge in [-0.05, 0) is 38.0 Å². The highest BCUT2D eigenvalue weighted by Gasteiger charge is 2.37. The molecule has 4 heteroatoms. The normalized spacial score (nSPS) is 20.8. The summed E-state index contributed by atoms with van der Waals surface area (Å²) in [7, 11) is 0. The fourth-order valence-electron chi connectivity index (χ4n) is 3.26. The van der Waals surface area contributed by atoms with Crippen LogP contribution < -0.4 is 0 Å². The highest BCUT2D eigenvalue weighted by Crippen LogP contribution is 2.32. The van der Waals surface area contributed by atoms with Gasteiger partial charge in [0.15, 0.2) is 0 Å². The average molecular weight is 341 g/mol. The number of hydrogen-bond donors (Lipinski definition) is 0. The molecule has 1 fully saturated rings. The summed E-state index contributed by atoms with van der Waals surface area (Å²) in [5, 5.41) is 0. The van der Waals surface area contributed by atoms with Gasteiger partial charge in [-0.3, -0.25) is 9.59 Å². The number of esters is 2. The molecule has 0 amide bonds. The summed E-state index contributed by atoms with van der Waals surface area (Å²) in [4.78, 5) is 24.7. The predicted molar refractivity (Wildman–Crippen MR) is 95.6 cm³/mol. The van der Waals surface area contributed by atoms with E-state index in [9.17, 15) is 9.59 Å². The first-order valence-electron chi connectivity index (χ1n) is 9.89. The molecule has 0 aromatic rings. The van der Waals surface area contributed by atoms with Gasteiger partial charge in [0.25, 0.3) is 0 Å². The van der Waals surface area contributed by atoms with E-state index >= 15 is 0 Å². The molecule has 0 bridgehead atoms. The molecular weight excluding hydrogens is 304 g/mol. The molecule has 24 heavy (non-hydrogen) atoms. The van der Waals surface area contributed by atoms with E-state index in [1.54, 1.807) is 0 Å². The third kappa shape index (κ3) is 8.16. The Balaban J connectivity index is 2.35. The van der Waals surface area contributed by atoms with E-state index in [1.165, 1.54) is 0 Å². The van der Waals surface area contributed by atoms with Gasteiger partial charge in [-0.15, -0.1) is 0 Å². The van der Waals surface area contributed by atoms with Gasteiger partial charge < -0.3 is 9.47 Å². The van der Waals surface area contributed by atoms with Crippen molar-refractivity contribution in [2.75, 3.05) is 13.2 Å². The van der Waals surface area contributed by atoms with Crippen molar-refractivity contribution in [3.8, 4) is 0 Å². The van der Waals surface area contributed by atoms with Gasteiger partial charge >= 0.3 is 11.9 Å². The van der Waals surface area contributed by atoms with Crippen LogP contribution in [-0.4, -0.2) is 25.2 Å². The third-order valence-corrected chi connectivity index (χ3v) is 4.78. The molecule has 1 aliphatic carbocycles. The maximum absolute atomic E-state index is 12.4.